The summed E-state index contributed by atoms with van der Waals surface area (Å²) in [5, 5.41) is 7.15. The average molecular weight is 747 g/mol. The van der Waals surface area contributed by atoms with Gasteiger partial charge in [0.15, 0.2) is 17.5 Å². The van der Waals surface area contributed by atoms with Crippen molar-refractivity contribution in [3.05, 3.63) is 182 Å². The van der Waals surface area contributed by atoms with Crippen molar-refractivity contribution in [2.75, 3.05) is 0 Å². The van der Waals surface area contributed by atoms with E-state index in [2.05, 4.69) is 126 Å². The van der Waals surface area contributed by atoms with Crippen LogP contribution in [0.25, 0.3) is 115 Å². The lowest BCUT2D eigenvalue weighted by atomic mass is 10.00. The van der Waals surface area contributed by atoms with Crippen LogP contribution in [0.2, 0.25) is 0 Å². The second kappa shape index (κ2) is 12.6. The first-order valence-corrected chi connectivity index (χ1v) is 19.8. The van der Waals surface area contributed by atoms with Crippen LogP contribution in [0.15, 0.2) is 186 Å². The number of fused-ring (bicyclic) bond motifs is 9. The SMILES string of the molecule is c1ccc(-c2nc(-c3ccccc3)nc(-c3ccc4c(c3)oc3c(-c5cccc6c5sc5cc(-n7c8ccccc8c8ccccc87)ccc56)cccc34)n2)cc1. The van der Waals surface area contributed by atoms with Gasteiger partial charge in [-0.15, -0.1) is 11.3 Å². The molecule has 12 aromatic rings. The number of hydrogen-bond donors (Lipinski definition) is 0. The molecule has 0 saturated heterocycles. The van der Waals surface area contributed by atoms with Gasteiger partial charge in [-0.2, -0.15) is 0 Å². The van der Waals surface area contributed by atoms with Gasteiger partial charge >= 0.3 is 0 Å². The van der Waals surface area contributed by atoms with Gasteiger partial charge in [-0.05, 0) is 36.4 Å². The van der Waals surface area contributed by atoms with Crippen molar-refractivity contribution in [3.8, 4) is 51.0 Å². The zero-order valence-corrected chi connectivity index (χ0v) is 31.2. The number of rotatable bonds is 5. The first kappa shape index (κ1) is 31.9. The van der Waals surface area contributed by atoms with Crippen molar-refractivity contribution >= 4 is 75.3 Å². The monoisotopic (exact) mass is 746 g/mol. The highest BCUT2D eigenvalue weighted by Crippen LogP contribution is 2.45. The molecular formula is C51H30N4OS. The molecule has 0 unspecified atom stereocenters. The van der Waals surface area contributed by atoms with Gasteiger partial charge in [0, 0.05) is 75.2 Å². The lowest BCUT2D eigenvalue weighted by molar-refractivity contribution is 0.670. The third-order valence-electron chi connectivity index (χ3n) is 11.1. The second-order valence-electron chi connectivity index (χ2n) is 14.4. The van der Waals surface area contributed by atoms with Crippen LogP contribution in [0.3, 0.4) is 0 Å². The molecular weight excluding hydrogens is 717 g/mol. The maximum Gasteiger partial charge on any atom is 0.164 e. The third-order valence-corrected chi connectivity index (χ3v) is 12.3. The highest BCUT2D eigenvalue weighted by atomic mass is 32.1. The molecule has 8 aromatic carbocycles. The van der Waals surface area contributed by atoms with Gasteiger partial charge in [-0.3, -0.25) is 0 Å². The molecule has 0 bridgehead atoms. The number of para-hydroxylation sites is 3. The maximum atomic E-state index is 6.83. The van der Waals surface area contributed by atoms with E-state index in [9.17, 15) is 0 Å². The lowest BCUT2D eigenvalue weighted by Gasteiger charge is -2.08. The molecule has 0 fully saturated rings. The van der Waals surface area contributed by atoms with Crippen LogP contribution in [0.1, 0.15) is 0 Å². The topological polar surface area (TPSA) is 56.7 Å². The molecule has 6 heteroatoms. The zero-order chi connectivity index (χ0) is 37.5. The minimum atomic E-state index is 0.598. The highest BCUT2D eigenvalue weighted by molar-refractivity contribution is 7.26. The Morgan fingerprint density at radius 2 is 0.965 bits per heavy atom. The Bertz CT molecular complexity index is 3420. The minimum absolute atomic E-state index is 0.598. The Kier molecular flexibility index (Phi) is 7.03. The van der Waals surface area contributed by atoms with E-state index in [0.717, 1.165) is 55.4 Å². The summed E-state index contributed by atoms with van der Waals surface area (Å²) in [4.78, 5) is 14.8. The van der Waals surface area contributed by atoms with Crippen LogP contribution in [-0.4, -0.2) is 19.5 Å². The minimum Gasteiger partial charge on any atom is -0.455 e. The smallest absolute Gasteiger partial charge is 0.164 e. The van der Waals surface area contributed by atoms with E-state index < -0.39 is 0 Å². The normalized spacial score (nSPS) is 11.9. The number of thiophene rings is 1. The Balaban J connectivity index is 0.995. The molecule has 0 radical (unpaired) electrons. The molecule has 4 heterocycles. The van der Waals surface area contributed by atoms with E-state index >= 15 is 0 Å². The third kappa shape index (κ3) is 5.04. The first-order valence-electron chi connectivity index (χ1n) is 19.0. The summed E-state index contributed by atoms with van der Waals surface area (Å²) in [6.45, 7) is 0. The van der Waals surface area contributed by atoms with E-state index in [1.165, 1.54) is 42.0 Å². The summed E-state index contributed by atoms with van der Waals surface area (Å²) in [7, 11) is 0. The summed E-state index contributed by atoms with van der Waals surface area (Å²) >= 11 is 1.84. The van der Waals surface area contributed by atoms with Crippen LogP contribution < -0.4 is 0 Å². The van der Waals surface area contributed by atoms with Gasteiger partial charge in [-0.25, -0.2) is 15.0 Å². The molecule has 4 aromatic heterocycles. The molecule has 266 valence electrons. The van der Waals surface area contributed by atoms with E-state index in [-0.39, 0.29) is 0 Å². The van der Waals surface area contributed by atoms with Crippen LogP contribution in [0.5, 0.6) is 0 Å². The summed E-state index contributed by atoms with van der Waals surface area (Å²) in [5.74, 6) is 1.86. The lowest BCUT2D eigenvalue weighted by Crippen LogP contribution is -2.00. The largest absolute Gasteiger partial charge is 0.455 e. The van der Waals surface area contributed by atoms with Crippen LogP contribution in [-0.2, 0) is 0 Å². The number of aromatic nitrogens is 4. The highest BCUT2D eigenvalue weighted by Gasteiger charge is 2.19. The molecule has 5 nitrogen and oxygen atoms in total. The Morgan fingerprint density at radius 3 is 1.65 bits per heavy atom. The molecule has 0 atom stereocenters. The van der Waals surface area contributed by atoms with Gasteiger partial charge in [0.2, 0.25) is 0 Å². The van der Waals surface area contributed by atoms with Crippen molar-refractivity contribution in [2.45, 2.75) is 0 Å². The van der Waals surface area contributed by atoms with E-state index in [0.29, 0.717) is 17.5 Å². The van der Waals surface area contributed by atoms with E-state index in [1.54, 1.807) is 0 Å². The summed E-state index contributed by atoms with van der Waals surface area (Å²) in [6, 6.07) is 63.7. The summed E-state index contributed by atoms with van der Waals surface area (Å²) in [5.41, 5.74) is 10.2. The van der Waals surface area contributed by atoms with Crippen molar-refractivity contribution in [1.29, 1.82) is 0 Å². The number of benzene rings is 8. The predicted octanol–water partition coefficient (Wildman–Crippen LogP) is 13.9. The van der Waals surface area contributed by atoms with Gasteiger partial charge in [-0.1, -0.05) is 146 Å². The van der Waals surface area contributed by atoms with E-state index in [1.807, 2.05) is 72.0 Å². The van der Waals surface area contributed by atoms with Crippen molar-refractivity contribution in [2.24, 2.45) is 0 Å². The van der Waals surface area contributed by atoms with Gasteiger partial charge < -0.3 is 8.98 Å². The molecule has 57 heavy (non-hydrogen) atoms. The van der Waals surface area contributed by atoms with Crippen LogP contribution >= 0.6 is 11.3 Å². The predicted molar refractivity (Wildman–Crippen MR) is 236 cm³/mol. The Morgan fingerprint density at radius 1 is 0.404 bits per heavy atom. The molecule has 0 aliphatic heterocycles. The quantitative estimate of drug-likeness (QED) is 0.176. The summed E-state index contributed by atoms with van der Waals surface area (Å²) in [6.07, 6.45) is 0. The van der Waals surface area contributed by atoms with E-state index in [4.69, 9.17) is 19.4 Å². The second-order valence-corrected chi connectivity index (χ2v) is 15.4. The maximum absolute atomic E-state index is 6.83. The van der Waals surface area contributed by atoms with Crippen molar-refractivity contribution < 1.29 is 4.42 Å². The van der Waals surface area contributed by atoms with Crippen molar-refractivity contribution in [3.63, 3.8) is 0 Å². The first-order chi connectivity index (χ1) is 28.2. The molecule has 0 saturated carbocycles. The molecule has 12 rings (SSSR count). The van der Waals surface area contributed by atoms with Crippen LogP contribution in [0, 0.1) is 0 Å². The molecule has 0 amide bonds. The van der Waals surface area contributed by atoms with Crippen molar-refractivity contribution in [1.82, 2.24) is 19.5 Å². The fourth-order valence-corrected chi connectivity index (χ4v) is 9.69. The standard InChI is InChI=1S/C51H30N4OS/c1-3-13-31(14-4-1)49-52-50(32-15-5-2-6-16-32)54-51(53-49)33-25-27-37-39-19-11-20-40(47(39)56-45(37)29-33)42-22-12-21-41-38-28-26-34(30-46(38)57-48(41)42)55-43-23-9-7-17-35(43)36-18-8-10-24-44(36)55/h1-30H. The van der Waals surface area contributed by atoms with Gasteiger partial charge in [0.25, 0.3) is 0 Å². The Hall–Kier alpha value is -7.41. The molecule has 0 spiro atoms. The summed E-state index contributed by atoms with van der Waals surface area (Å²) < 4.78 is 11.7. The Labute approximate surface area is 330 Å². The number of nitrogens with zero attached hydrogens (tertiary/aromatic N) is 4. The zero-order valence-electron chi connectivity index (χ0n) is 30.4. The fraction of sp³-hybridized carbons (Fsp3) is 0. The van der Waals surface area contributed by atoms with Crippen LogP contribution in [0.4, 0.5) is 0 Å². The van der Waals surface area contributed by atoms with Gasteiger partial charge in [0.05, 0.1) is 11.0 Å². The molecule has 0 N–H and O–H groups in total. The molecule has 0 aliphatic rings. The average Bonchev–Trinajstić information content (AvgIpc) is 3.96. The van der Waals surface area contributed by atoms with Gasteiger partial charge in [0.1, 0.15) is 11.2 Å². The molecule has 0 aliphatic carbocycles. The number of hydrogen-bond acceptors (Lipinski definition) is 5. The number of furan rings is 1. The fourth-order valence-electron chi connectivity index (χ4n) is 8.43.